The first kappa shape index (κ1) is 15.3. The molecule has 2 aromatic heterocycles. The van der Waals surface area contributed by atoms with Crippen molar-refractivity contribution in [2.75, 3.05) is 0 Å². The van der Waals surface area contributed by atoms with Gasteiger partial charge in [0.05, 0.1) is 16.4 Å². The number of para-hydroxylation sites is 1. The second-order valence-corrected chi connectivity index (χ2v) is 6.28. The highest BCUT2D eigenvalue weighted by Gasteiger charge is 2.09. The van der Waals surface area contributed by atoms with Crippen molar-refractivity contribution in [3.05, 3.63) is 78.1 Å². The van der Waals surface area contributed by atoms with Gasteiger partial charge in [0.15, 0.2) is 10.8 Å². The molecule has 0 atom stereocenters. The van der Waals surface area contributed by atoms with Gasteiger partial charge in [0.25, 0.3) is 5.91 Å². The number of hydrogen-bond acceptors (Lipinski definition) is 5. The molecule has 122 valence electrons. The average molecular weight is 347 g/mol. The monoisotopic (exact) mass is 347 g/mol. The van der Waals surface area contributed by atoms with E-state index in [0.717, 1.165) is 15.2 Å². The Morgan fingerprint density at radius 1 is 1.04 bits per heavy atom. The van der Waals surface area contributed by atoms with Crippen LogP contribution in [-0.2, 0) is 0 Å². The van der Waals surface area contributed by atoms with Gasteiger partial charge in [-0.1, -0.05) is 30.3 Å². The molecule has 25 heavy (non-hydrogen) atoms. The van der Waals surface area contributed by atoms with E-state index in [4.69, 9.17) is 4.42 Å². The zero-order chi connectivity index (χ0) is 17.1. The molecule has 0 saturated carbocycles. The second kappa shape index (κ2) is 6.70. The van der Waals surface area contributed by atoms with Crippen molar-refractivity contribution in [3.63, 3.8) is 0 Å². The fourth-order valence-corrected chi connectivity index (χ4v) is 3.25. The summed E-state index contributed by atoms with van der Waals surface area (Å²) in [7, 11) is 0. The molecule has 1 N–H and O–H groups in total. The van der Waals surface area contributed by atoms with Crippen molar-refractivity contribution in [1.29, 1.82) is 0 Å². The lowest BCUT2D eigenvalue weighted by Crippen LogP contribution is -2.17. The standard InChI is InChI=1S/C19H13N3O2S/c23-18(13-6-2-1-3-7-13)22-20-12-14-10-11-16(24-14)19-21-15-8-4-5-9-17(15)25-19/h1-12H,(H,22,23)/b20-12-. The molecule has 0 aliphatic carbocycles. The van der Waals surface area contributed by atoms with Gasteiger partial charge in [-0.25, -0.2) is 10.4 Å². The molecule has 2 heterocycles. The first-order chi connectivity index (χ1) is 12.3. The Balaban J connectivity index is 1.47. The Morgan fingerprint density at radius 2 is 1.84 bits per heavy atom. The van der Waals surface area contributed by atoms with Gasteiger partial charge >= 0.3 is 0 Å². The zero-order valence-electron chi connectivity index (χ0n) is 13.0. The normalized spacial score (nSPS) is 11.2. The summed E-state index contributed by atoms with van der Waals surface area (Å²) >= 11 is 1.57. The van der Waals surface area contributed by atoms with Crippen LogP contribution in [0.2, 0.25) is 0 Å². The number of nitrogens with zero attached hydrogens (tertiary/aromatic N) is 2. The number of benzene rings is 2. The van der Waals surface area contributed by atoms with Crippen molar-refractivity contribution < 1.29 is 9.21 Å². The van der Waals surface area contributed by atoms with Gasteiger partial charge in [-0.3, -0.25) is 4.79 Å². The van der Waals surface area contributed by atoms with Crippen molar-refractivity contribution in [1.82, 2.24) is 10.4 Å². The molecule has 5 nitrogen and oxygen atoms in total. The van der Waals surface area contributed by atoms with Crippen LogP contribution in [0.5, 0.6) is 0 Å². The minimum atomic E-state index is -0.269. The minimum absolute atomic E-state index is 0.269. The predicted molar refractivity (Wildman–Crippen MR) is 98.8 cm³/mol. The van der Waals surface area contributed by atoms with E-state index < -0.39 is 0 Å². The maximum Gasteiger partial charge on any atom is 0.271 e. The Labute approximate surface area is 147 Å². The van der Waals surface area contributed by atoms with E-state index in [1.54, 1.807) is 41.7 Å². The third kappa shape index (κ3) is 3.34. The van der Waals surface area contributed by atoms with Gasteiger partial charge < -0.3 is 4.42 Å². The number of carbonyl (C=O) groups excluding carboxylic acids is 1. The molecule has 6 heteroatoms. The number of hydrogen-bond donors (Lipinski definition) is 1. The van der Waals surface area contributed by atoms with E-state index in [0.29, 0.717) is 17.1 Å². The quantitative estimate of drug-likeness (QED) is 0.441. The summed E-state index contributed by atoms with van der Waals surface area (Å²) in [6.07, 6.45) is 1.47. The summed E-state index contributed by atoms with van der Waals surface area (Å²) in [5.74, 6) is 0.953. The Morgan fingerprint density at radius 3 is 2.68 bits per heavy atom. The van der Waals surface area contributed by atoms with Crippen LogP contribution in [0, 0.1) is 0 Å². The largest absolute Gasteiger partial charge is 0.453 e. The Kier molecular flexibility index (Phi) is 4.10. The van der Waals surface area contributed by atoms with Crippen LogP contribution >= 0.6 is 11.3 Å². The van der Waals surface area contributed by atoms with Crippen molar-refractivity contribution in [2.24, 2.45) is 5.10 Å². The lowest BCUT2D eigenvalue weighted by Gasteiger charge is -1.97. The van der Waals surface area contributed by atoms with Gasteiger partial charge in [0, 0.05) is 5.56 Å². The summed E-state index contributed by atoms with van der Waals surface area (Å²) in [4.78, 5) is 16.5. The Bertz CT molecular complexity index is 1020. The molecule has 1 amide bonds. The first-order valence-electron chi connectivity index (χ1n) is 7.64. The van der Waals surface area contributed by atoms with Crippen molar-refractivity contribution in [2.45, 2.75) is 0 Å². The summed E-state index contributed by atoms with van der Waals surface area (Å²) in [5.41, 5.74) is 3.97. The number of furan rings is 1. The van der Waals surface area contributed by atoms with Crippen LogP contribution in [-0.4, -0.2) is 17.1 Å². The summed E-state index contributed by atoms with van der Waals surface area (Å²) in [6, 6.07) is 20.5. The van der Waals surface area contributed by atoms with Crippen LogP contribution < -0.4 is 5.43 Å². The average Bonchev–Trinajstić information content (AvgIpc) is 3.29. The smallest absolute Gasteiger partial charge is 0.271 e. The molecule has 0 unspecified atom stereocenters. The van der Waals surface area contributed by atoms with Gasteiger partial charge in [-0.15, -0.1) is 11.3 Å². The van der Waals surface area contributed by atoms with Crippen molar-refractivity contribution in [3.8, 4) is 10.8 Å². The molecule has 0 saturated heterocycles. The number of amides is 1. The van der Waals surface area contributed by atoms with Crippen LogP contribution in [0.25, 0.3) is 21.0 Å². The van der Waals surface area contributed by atoms with E-state index in [9.17, 15) is 4.79 Å². The van der Waals surface area contributed by atoms with E-state index in [1.807, 2.05) is 36.4 Å². The van der Waals surface area contributed by atoms with Gasteiger partial charge in [0.2, 0.25) is 0 Å². The molecule has 4 aromatic rings. The van der Waals surface area contributed by atoms with E-state index >= 15 is 0 Å². The van der Waals surface area contributed by atoms with Gasteiger partial charge in [0.1, 0.15) is 5.76 Å². The first-order valence-corrected chi connectivity index (χ1v) is 8.45. The fraction of sp³-hybridized carbons (Fsp3) is 0. The van der Waals surface area contributed by atoms with E-state index in [1.165, 1.54) is 6.21 Å². The lowest BCUT2D eigenvalue weighted by atomic mass is 10.2. The number of fused-ring (bicyclic) bond motifs is 1. The molecular weight excluding hydrogens is 334 g/mol. The third-order valence-electron chi connectivity index (χ3n) is 3.53. The highest BCUT2D eigenvalue weighted by molar-refractivity contribution is 7.21. The number of rotatable bonds is 4. The van der Waals surface area contributed by atoms with Gasteiger partial charge in [-0.2, -0.15) is 5.10 Å². The van der Waals surface area contributed by atoms with E-state index in [-0.39, 0.29) is 5.91 Å². The van der Waals surface area contributed by atoms with Gasteiger partial charge in [-0.05, 0) is 36.4 Å². The van der Waals surface area contributed by atoms with Crippen LogP contribution in [0.4, 0.5) is 0 Å². The maximum atomic E-state index is 11.9. The second-order valence-electron chi connectivity index (χ2n) is 5.25. The highest BCUT2D eigenvalue weighted by atomic mass is 32.1. The molecule has 0 aliphatic rings. The van der Waals surface area contributed by atoms with Crippen molar-refractivity contribution >= 4 is 33.7 Å². The summed E-state index contributed by atoms with van der Waals surface area (Å²) < 4.78 is 6.84. The fourth-order valence-electron chi connectivity index (χ4n) is 2.32. The zero-order valence-corrected chi connectivity index (χ0v) is 13.9. The lowest BCUT2D eigenvalue weighted by molar-refractivity contribution is 0.0955. The topological polar surface area (TPSA) is 67.5 Å². The SMILES string of the molecule is O=C(N/N=C\c1ccc(-c2nc3ccccc3s2)o1)c1ccccc1. The molecule has 0 radical (unpaired) electrons. The number of thiazole rings is 1. The Hall–Kier alpha value is -3.25. The number of nitrogens with one attached hydrogen (secondary N) is 1. The molecule has 0 bridgehead atoms. The molecular formula is C19H13N3O2S. The highest BCUT2D eigenvalue weighted by Crippen LogP contribution is 2.30. The number of carbonyl (C=O) groups is 1. The van der Waals surface area contributed by atoms with Crippen LogP contribution in [0.3, 0.4) is 0 Å². The minimum Gasteiger partial charge on any atom is -0.453 e. The molecule has 4 rings (SSSR count). The summed E-state index contributed by atoms with van der Waals surface area (Å²) in [5, 5.41) is 4.75. The summed E-state index contributed by atoms with van der Waals surface area (Å²) in [6.45, 7) is 0. The van der Waals surface area contributed by atoms with Crippen LogP contribution in [0.1, 0.15) is 16.1 Å². The van der Waals surface area contributed by atoms with Crippen LogP contribution in [0.15, 0.2) is 76.2 Å². The molecule has 0 fully saturated rings. The molecule has 2 aromatic carbocycles. The molecule has 0 spiro atoms. The predicted octanol–water partition coefficient (Wildman–Crippen LogP) is 4.32. The molecule has 0 aliphatic heterocycles. The maximum absolute atomic E-state index is 11.9. The number of aromatic nitrogens is 1. The number of hydrazone groups is 1. The van der Waals surface area contributed by atoms with E-state index in [2.05, 4.69) is 15.5 Å². The third-order valence-corrected chi connectivity index (χ3v) is 4.58.